The molecule has 8 heteroatoms. The van der Waals surface area contributed by atoms with Gasteiger partial charge in [-0.15, -0.1) is 23.1 Å². The molecule has 0 saturated carbocycles. The molecule has 4 aromatic rings. The molecule has 3 nitrogen and oxygen atoms in total. The predicted molar refractivity (Wildman–Crippen MR) is 138 cm³/mol. The summed E-state index contributed by atoms with van der Waals surface area (Å²) >= 11 is 12.4. The molecule has 0 saturated heterocycles. The van der Waals surface area contributed by atoms with Crippen LogP contribution in [-0.2, 0) is 6.42 Å². The Morgan fingerprint density at radius 2 is 1.60 bits per heavy atom. The van der Waals surface area contributed by atoms with Crippen molar-refractivity contribution in [1.82, 2.24) is 9.97 Å². The van der Waals surface area contributed by atoms with Crippen LogP contribution in [0, 0.1) is 0 Å². The second-order valence-electron chi connectivity index (χ2n) is 7.03. The Balaban J connectivity index is 1.69. The fourth-order valence-electron chi connectivity index (χ4n) is 3.79. The van der Waals surface area contributed by atoms with Crippen molar-refractivity contribution in [2.24, 2.45) is 0 Å². The van der Waals surface area contributed by atoms with E-state index in [9.17, 15) is 0 Å². The molecule has 0 amide bonds. The lowest BCUT2D eigenvalue weighted by atomic mass is 9.98. The fourth-order valence-corrected chi connectivity index (χ4v) is 7.77. The summed E-state index contributed by atoms with van der Waals surface area (Å²) < 4.78 is 2.19. The van der Waals surface area contributed by atoms with E-state index in [0.29, 0.717) is 11.1 Å². The summed E-state index contributed by atoms with van der Waals surface area (Å²) in [7, 11) is 0. The highest BCUT2D eigenvalue weighted by Crippen LogP contribution is 2.56. The number of aromatic nitrogens is 2. The molecule has 0 fully saturated rings. The summed E-state index contributed by atoms with van der Waals surface area (Å²) in [4.78, 5) is 11.7. The normalized spacial score (nSPS) is 18.5. The van der Waals surface area contributed by atoms with Crippen molar-refractivity contribution >= 4 is 82.8 Å². The van der Waals surface area contributed by atoms with Gasteiger partial charge in [0.15, 0.2) is 5.16 Å². The van der Waals surface area contributed by atoms with Gasteiger partial charge in [0, 0.05) is 19.1 Å². The Labute approximate surface area is 204 Å². The maximum atomic E-state index is 6.43. The van der Waals surface area contributed by atoms with Crippen molar-refractivity contribution < 1.29 is 0 Å². The van der Waals surface area contributed by atoms with Crippen molar-refractivity contribution in [3.63, 3.8) is 0 Å². The first-order chi connectivity index (χ1) is 14.5. The van der Waals surface area contributed by atoms with Crippen LogP contribution in [-0.4, -0.2) is 16.2 Å². The van der Waals surface area contributed by atoms with Crippen LogP contribution in [0.1, 0.15) is 32.1 Å². The molecule has 0 radical (unpaired) electrons. The summed E-state index contributed by atoms with van der Waals surface area (Å²) in [5.74, 6) is 0.595. The second-order valence-corrected chi connectivity index (χ2v) is 12.0. The van der Waals surface area contributed by atoms with Crippen LogP contribution in [0.15, 0.2) is 62.6 Å². The molecule has 2 atom stereocenters. The third kappa shape index (κ3) is 3.81. The maximum absolute atomic E-state index is 6.43. The van der Waals surface area contributed by atoms with Gasteiger partial charge < -0.3 is 5.73 Å². The van der Waals surface area contributed by atoms with Gasteiger partial charge in [-0.25, -0.2) is 9.97 Å². The van der Waals surface area contributed by atoms with Gasteiger partial charge >= 0.3 is 0 Å². The minimum absolute atomic E-state index is 0.242. The van der Waals surface area contributed by atoms with E-state index in [2.05, 4.69) is 85.4 Å². The number of thiophene rings is 1. The Morgan fingerprint density at radius 3 is 2.23 bits per heavy atom. The quantitative estimate of drug-likeness (QED) is 0.200. The SMILES string of the molecule is CSc1nc(N)c2c3c(sc2n1)[C@@H](c1ccc(Br)cc1)S[C@@H](c1ccc(Br)cc1)C3. The van der Waals surface area contributed by atoms with Crippen molar-refractivity contribution in [2.45, 2.75) is 22.1 Å². The number of anilines is 1. The van der Waals surface area contributed by atoms with Crippen LogP contribution in [0.5, 0.6) is 0 Å². The molecule has 0 spiro atoms. The number of fused-ring (bicyclic) bond motifs is 3. The first kappa shape index (κ1) is 20.8. The highest BCUT2D eigenvalue weighted by molar-refractivity contribution is 9.10. The molecule has 0 aliphatic carbocycles. The largest absolute Gasteiger partial charge is 0.383 e. The minimum Gasteiger partial charge on any atom is -0.383 e. The zero-order valence-corrected chi connectivity index (χ0v) is 21.6. The zero-order chi connectivity index (χ0) is 20.8. The topological polar surface area (TPSA) is 51.8 Å². The van der Waals surface area contributed by atoms with Gasteiger partial charge in [-0.05, 0) is 53.6 Å². The third-order valence-electron chi connectivity index (χ3n) is 5.21. The summed E-state index contributed by atoms with van der Waals surface area (Å²) in [5, 5.41) is 2.36. The van der Waals surface area contributed by atoms with Crippen molar-refractivity contribution in [2.75, 3.05) is 12.0 Å². The average Bonchev–Trinajstić information content (AvgIpc) is 3.13. The van der Waals surface area contributed by atoms with Crippen molar-refractivity contribution in [3.05, 3.63) is 79.0 Å². The van der Waals surface area contributed by atoms with Gasteiger partial charge in [0.2, 0.25) is 0 Å². The van der Waals surface area contributed by atoms with Gasteiger partial charge in [0.25, 0.3) is 0 Å². The van der Waals surface area contributed by atoms with Crippen LogP contribution in [0.2, 0.25) is 0 Å². The zero-order valence-electron chi connectivity index (χ0n) is 15.9. The second kappa shape index (κ2) is 8.47. The molecule has 3 heterocycles. The van der Waals surface area contributed by atoms with E-state index in [4.69, 9.17) is 10.7 Å². The van der Waals surface area contributed by atoms with Crippen LogP contribution in [0.3, 0.4) is 0 Å². The summed E-state index contributed by atoms with van der Waals surface area (Å²) in [6.45, 7) is 0. The van der Waals surface area contributed by atoms with E-state index in [1.807, 2.05) is 18.0 Å². The average molecular weight is 579 g/mol. The van der Waals surface area contributed by atoms with Crippen molar-refractivity contribution in [3.8, 4) is 0 Å². The van der Waals surface area contributed by atoms with Crippen LogP contribution in [0.4, 0.5) is 5.82 Å². The number of rotatable bonds is 3. The van der Waals surface area contributed by atoms with Gasteiger partial charge in [-0.1, -0.05) is 67.9 Å². The highest BCUT2D eigenvalue weighted by atomic mass is 79.9. The number of nitrogens with two attached hydrogens (primary N) is 1. The minimum atomic E-state index is 0.242. The van der Waals surface area contributed by atoms with E-state index >= 15 is 0 Å². The lowest BCUT2D eigenvalue weighted by molar-refractivity contribution is 0.893. The molecule has 30 heavy (non-hydrogen) atoms. The monoisotopic (exact) mass is 577 g/mol. The summed E-state index contributed by atoms with van der Waals surface area (Å²) in [6, 6.07) is 17.3. The lowest BCUT2D eigenvalue weighted by Gasteiger charge is -2.30. The summed E-state index contributed by atoms with van der Waals surface area (Å²) in [6.07, 6.45) is 2.92. The van der Waals surface area contributed by atoms with Crippen LogP contribution in [0.25, 0.3) is 10.2 Å². The Bertz CT molecular complexity index is 1220. The van der Waals surface area contributed by atoms with E-state index in [-0.39, 0.29) is 5.25 Å². The molecule has 152 valence electrons. The van der Waals surface area contributed by atoms with Crippen LogP contribution < -0.4 is 5.73 Å². The first-order valence-corrected chi connectivity index (χ1v) is 13.9. The maximum Gasteiger partial charge on any atom is 0.190 e. The van der Waals surface area contributed by atoms with E-state index in [0.717, 1.165) is 30.7 Å². The number of halogens is 2. The van der Waals surface area contributed by atoms with Gasteiger partial charge in [-0.2, -0.15) is 0 Å². The Morgan fingerprint density at radius 1 is 0.967 bits per heavy atom. The molecule has 1 aliphatic heterocycles. The molecule has 2 N–H and O–H groups in total. The van der Waals surface area contributed by atoms with E-state index in [1.165, 1.54) is 33.3 Å². The lowest BCUT2D eigenvalue weighted by Crippen LogP contribution is -2.12. The third-order valence-corrected chi connectivity index (χ3v) is 9.71. The molecule has 0 unspecified atom stereocenters. The highest BCUT2D eigenvalue weighted by Gasteiger charge is 2.34. The number of nitrogen functional groups attached to an aromatic ring is 1. The first-order valence-electron chi connectivity index (χ1n) is 9.32. The Kier molecular flexibility index (Phi) is 5.88. The van der Waals surface area contributed by atoms with E-state index < -0.39 is 0 Å². The number of nitrogens with zero attached hydrogens (tertiary/aromatic N) is 2. The molecular formula is C22H17Br2N3S3. The van der Waals surface area contributed by atoms with Gasteiger partial charge in [0.05, 0.1) is 10.6 Å². The standard InChI is InChI=1S/C22H17Br2N3S3/c1-28-22-26-20(25)17-15-10-16(11-2-6-13(23)7-3-11)29-18(19(15)30-21(17)27-22)12-4-8-14(24)9-5-12/h2-9,16,18H,10H2,1H3,(H2,25,26,27)/t16-,18-/m1/s1. The number of benzene rings is 2. The number of hydrogen-bond donors (Lipinski definition) is 1. The predicted octanol–water partition coefficient (Wildman–Crippen LogP) is 7.64. The number of thioether (sulfide) groups is 2. The molecular weight excluding hydrogens is 562 g/mol. The summed E-state index contributed by atoms with van der Waals surface area (Å²) in [5.41, 5.74) is 10.4. The molecule has 2 aromatic heterocycles. The van der Waals surface area contributed by atoms with Crippen LogP contribution >= 0.6 is 66.7 Å². The number of hydrogen-bond acceptors (Lipinski definition) is 6. The molecule has 1 aliphatic rings. The Hall–Kier alpha value is -1.06. The van der Waals surface area contributed by atoms with Gasteiger partial charge in [0.1, 0.15) is 10.6 Å². The van der Waals surface area contributed by atoms with E-state index in [1.54, 1.807) is 11.3 Å². The molecule has 5 rings (SSSR count). The molecule has 2 aromatic carbocycles. The van der Waals surface area contributed by atoms with Crippen molar-refractivity contribution in [1.29, 1.82) is 0 Å². The van der Waals surface area contributed by atoms with Gasteiger partial charge in [-0.3, -0.25) is 0 Å². The molecule has 0 bridgehead atoms. The smallest absolute Gasteiger partial charge is 0.190 e. The fraction of sp³-hybridized carbons (Fsp3) is 0.182.